The number of carbonyl (C=O) groups excluding carboxylic acids is 1. The minimum absolute atomic E-state index is 0.157. The van der Waals surface area contributed by atoms with Gasteiger partial charge in [0.25, 0.3) is 0 Å². The van der Waals surface area contributed by atoms with Crippen molar-refractivity contribution in [3.8, 4) is 0 Å². The number of hydrogen-bond donors (Lipinski definition) is 0. The van der Waals surface area contributed by atoms with E-state index in [9.17, 15) is 4.79 Å². The van der Waals surface area contributed by atoms with Gasteiger partial charge in [-0.1, -0.05) is 18.2 Å². The van der Waals surface area contributed by atoms with E-state index in [0.717, 1.165) is 11.1 Å². The summed E-state index contributed by atoms with van der Waals surface area (Å²) in [5, 5.41) is 0. The van der Waals surface area contributed by atoms with E-state index in [1.54, 1.807) is 11.8 Å². The molecule has 1 aromatic carbocycles. The average molecular weight is 206 g/mol. The molecule has 0 atom stereocenters. The molecule has 0 aromatic heterocycles. The molecule has 14 heavy (non-hydrogen) atoms. The second-order valence-electron chi connectivity index (χ2n) is 2.62. The third-order valence-electron chi connectivity index (χ3n) is 1.56. The lowest BCUT2D eigenvalue weighted by molar-refractivity contribution is -0.115. The maximum absolute atomic E-state index is 10.9. The van der Waals surface area contributed by atoms with Crippen LogP contribution in [0, 0.1) is 0 Å². The highest BCUT2D eigenvalue weighted by atomic mass is 32.2. The number of Topliss-reactive ketones (excluding diaryl/α,β-unsaturated/α-hetero) is 1. The second kappa shape index (κ2) is 6.13. The smallest absolute Gasteiger partial charge is 0.323 e. The van der Waals surface area contributed by atoms with Crippen molar-refractivity contribution in [2.75, 3.05) is 5.75 Å². The Morgan fingerprint density at radius 3 is 2.79 bits per heavy atom. The number of benzene rings is 1. The van der Waals surface area contributed by atoms with E-state index in [0.29, 0.717) is 12.2 Å². The van der Waals surface area contributed by atoms with E-state index in [4.69, 9.17) is 5.53 Å². The molecule has 72 valence electrons. The molecule has 3 nitrogen and oxygen atoms in total. The van der Waals surface area contributed by atoms with Gasteiger partial charge in [-0.05, 0) is 12.1 Å². The topological polar surface area (TPSA) is 53.5 Å². The fraction of sp³-hybridized carbons (Fsp3) is 0.200. The third-order valence-corrected chi connectivity index (χ3v) is 2.58. The Morgan fingerprint density at radius 1 is 1.43 bits per heavy atom. The van der Waals surface area contributed by atoms with Crippen LogP contribution in [-0.2, 0) is 4.79 Å². The van der Waals surface area contributed by atoms with Gasteiger partial charge in [-0.15, -0.1) is 11.8 Å². The molecule has 0 aliphatic rings. The molecule has 0 fully saturated rings. The lowest BCUT2D eigenvalue weighted by Crippen LogP contribution is -2.00. The zero-order valence-electron chi connectivity index (χ0n) is 7.59. The van der Waals surface area contributed by atoms with E-state index >= 15 is 0 Å². The van der Waals surface area contributed by atoms with Gasteiger partial charge in [0, 0.05) is 17.1 Å². The van der Waals surface area contributed by atoms with Crippen LogP contribution in [0.15, 0.2) is 35.2 Å². The standard InChI is InChI=1S/C10H10N2OS/c11-12-8-9(13)6-7-14-10-4-2-1-3-5-10/h1-5,8H,6-7H2. The summed E-state index contributed by atoms with van der Waals surface area (Å²) in [5.41, 5.74) is 8.09. The van der Waals surface area contributed by atoms with Crippen molar-refractivity contribution >= 4 is 23.8 Å². The molecule has 0 aliphatic heterocycles. The minimum atomic E-state index is -0.157. The zero-order chi connectivity index (χ0) is 10.2. The zero-order valence-corrected chi connectivity index (χ0v) is 8.41. The summed E-state index contributed by atoms with van der Waals surface area (Å²) in [6.07, 6.45) is 1.33. The number of nitrogens with zero attached hydrogens (tertiary/aromatic N) is 2. The van der Waals surface area contributed by atoms with Crippen molar-refractivity contribution in [1.82, 2.24) is 0 Å². The highest BCUT2D eigenvalue weighted by Crippen LogP contribution is 2.17. The molecule has 1 aromatic rings. The largest absolute Gasteiger partial charge is 0.361 e. The number of carbonyl (C=O) groups is 1. The molecule has 4 heteroatoms. The molecule has 0 aliphatic carbocycles. The van der Waals surface area contributed by atoms with Gasteiger partial charge < -0.3 is 5.53 Å². The van der Waals surface area contributed by atoms with Gasteiger partial charge in [-0.3, -0.25) is 4.79 Å². The van der Waals surface area contributed by atoms with Gasteiger partial charge in [0.1, 0.15) is 0 Å². The maximum atomic E-state index is 10.9. The molecule has 1 rings (SSSR count). The molecular weight excluding hydrogens is 196 g/mol. The summed E-state index contributed by atoms with van der Waals surface area (Å²) >= 11 is 1.61. The van der Waals surface area contributed by atoms with Gasteiger partial charge in [0.2, 0.25) is 5.78 Å². The first-order chi connectivity index (χ1) is 6.83. The lowest BCUT2D eigenvalue weighted by Gasteiger charge is -1.97. The number of rotatable bonds is 5. The van der Waals surface area contributed by atoms with Crippen molar-refractivity contribution in [3.05, 3.63) is 35.9 Å². The minimum Gasteiger partial charge on any atom is -0.361 e. The van der Waals surface area contributed by atoms with Crippen LogP contribution < -0.4 is 0 Å². The monoisotopic (exact) mass is 206 g/mol. The second-order valence-corrected chi connectivity index (χ2v) is 3.79. The molecule has 0 saturated heterocycles. The van der Waals surface area contributed by atoms with Gasteiger partial charge >= 0.3 is 6.21 Å². The van der Waals surface area contributed by atoms with Crippen molar-refractivity contribution in [3.63, 3.8) is 0 Å². The Labute approximate surface area is 86.8 Å². The summed E-state index contributed by atoms with van der Waals surface area (Å²) in [6.45, 7) is 0. The van der Waals surface area contributed by atoms with E-state index in [1.165, 1.54) is 0 Å². The van der Waals surface area contributed by atoms with Crippen molar-refractivity contribution < 1.29 is 9.58 Å². The van der Waals surface area contributed by atoms with E-state index in [-0.39, 0.29) is 5.78 Å². The van der Waals surface area contributed by atoms with E-state index in [1.807, 2.05) is 30.3 Å². The Hall–Kier alpha value is -1.38. The predicted molar refractivity (Wildman–Crippen MR) is 56.5 cm³/mol. The number of ketones is 1. The van der Waals surface area contributed by atoms with Gasteiger partial charge in [0.15, 0.2) is 0 Å². The van der Waals surface area contributed by atoms with E-state index in [2.05, 4.69) is 4.79 Å². The molecule has 0 bridgehead atoms. The highest BCUT2D eigenvalue weighted by molar-refractivity contribution is 7.99. The summed E-state index contributed by atoms with van der Waals surface area (Å²) in [7, 11) is 0. The summed E-state index contributed by atoms with van der Waals surface area (Å²) in [4.78, 5) is 14.7. The third kappa shape index (κ3) is 4.03. The highest BCUT2D eigenvalue weighted by Gasteiger charge is 2.02. The fourth-order valence-electron chi connectivity index (χ4n) is 0.915. The quantitative estimate of drug-likeness (QED) is 0.320. The van der Waals surface area contributed by atoms with Crippen LogP contribution in [0.3, 0.4) is 0 Å². The Bertz CT molecular complexity index is 344. The Morgan fingerprint density at radius 2 is 2.14 bits per heavy atom. The first-order valence-electron chi connectivity index (χ1n) is 4.21. The average Bonchev–Trinajstić information content (AvgIpc) is 2.20. The van der Waals surface area contributed by atoms with Crippen LogP contribution in [0.1, 0.15) is 6.42 Å². The lowest BCUT2D eigenvalue weighted by atomic mass is 10.3. The van der Waals surface area contributed by atoms with Crippen LogP contribution in [-0.4, -0.2) is 22.5 Å². The van der Waals surface area contributed by atoms with E-state index < -0.39 is 0 Å². The van der Waals surface area contributed by atoms with Crippen LogP contribution in [0.25, 0.3) is 5.53 Å². The van der Waals surface area contributed by atoms with Gasteiger partial charge in [-0.2, -0.15) is 4.79 Å². The Balaban J connectivity index is 2.29. The maximum Gasteiger partial charge on any atom is 0.323 e. The first kappa shape index (κ1) is 10.7. The first-order valence-corrected chi connectivity index (χ1v) is 5.19. The van der Waals surface area contributed by atoms with Crippen molar-refractivity contribution in [2.24, 2.45) is 0 Å². The summed E-state index contributed by atoms with van der Waals surface area (Å²) < 4.78 is 0. The van der Waals surface area contributed by atoms with Crippen LogP contribution in [0.4, 0.5) is 0 Å². The molecular formula is C10H10N2OS. The molecule has 0 amide bonds. The van der Waals surface area contributed by atoms with Gasteiger partial charge in [-0.25, -0.2) is 0 Å². The van der Waals surface area contributed by atoms with Crippen molar-refractivity contribution in [1.29, 1.82) is 0 Å². The summed E-state index contributed by atoms with van der Waals surface area (Å²) in [5.74, 6) is 0.547. The number of hydrogen-bond acceptors (Lipinski definition) is 2. The molecule has 0 saturated carbocycles. The van der Waals surface area contributed by atoms with Crippen molar-refractivity contribution in [2.45, 2.75) is 11.3 Å². The normalized spacial score (nSPS) is 9.14. The molecule has 0 radical (unpaired) electrons. The molecule has 0 unspecified atom stereocenters. The van der Waals surface area contributed by atoms with Crippen LogP contribution >= 0.6 is 11.8 Å². The predicted octanol–water partition coefficient (Wildman–Crippen LogP) is 2.04. The molecule has 0 spiro atoms. The number of thioether (sulfide) groups is 1. The fourth-order valence-corrected chi connectivity index (χ4v) is 1.80. The van der Waals surface area contributed by atoms with Crippen LogP contribution in [0.5, 0.6) is 0 Å². The van der Waals surface area contributed by atoms with Crippen LogP contribution in [0.2, 0.25) is 0 Å². The SMILES string of the molecule is [N-]=[N+]=CC(=O)CCSc1ccccc1. The molecule has 0 heterocycles. The molecule has 0 N–H and O–H groups in total. The Kier molecular flexibility index (Phi) is 4.69. The van der Waals surface area contributed by atoms with Gasteiger partial charge in [0.05, 0.1) is 0 Å². The summed E-state index contributed by atoms with van der Waals surface area (Å²) in [6, 6.07) is 9.86.